The zero-order valence-electron chi connectivity index (χ0n) is 7.74. The Labute approximate surface area is 76.5 Å². The van der Waals surface area contributed by atoms with Gasteiger partial charge in [-0.1, -0.05) is 0 Å². The molecule has 0 spiro atoms. The van der Waals surface area contributed by atoms with Crippen molar-refractivity contribution in [1.82, 2.24) is 10.2 Å². The summed E-state index contributed by atoms with van der Waals surface area (Å²) in [4.78, 5) is 22.3. The second kappa shape index (κ2) is 6.24. The molecule has 0 fully saturated rings. The van der Waals surface area contributed by atoms with Gasteiger partial charge < -0.3 is 20.1 Å². The standard InChI is InChI=1S/C7H14N2O4/c1-9(7(11)12)4-3-6(10)8-5-13-2/h3-5H2,1-2H3,(H,8,10)(H,11,12). The Bertz CT molecular complexity index is 183. The number of nitrogens with zero attached hydrogens (tertiary/aromatic N) is 1. The van der Waals surface area contributed by atoms with Crippen molar-refractivity contribution < 1.29 is 19.4 Å². The van der Waals surface area contributed by atoms with Crippen molar-refractivity contribution in [3.8, 4) is 0 Å². The Morgan fingerprint density at radius 2 is 2.15 bits per heavy atom. The van der Waals surface area contributed by atoms with Gasteiger partial charge in [0, 0.05) is 27.1 Å². The van der Waals surface area contributed by atoms with Crippen LogP contribution >= 0.6 is 0 Å². The fourth-order valence-electron chi connectivity index (χ4n) is 0.606. The van der Waals surface area contributed by atoms with Crippen LogP contribution in [0.25, 0.3) is 0 Å². The molecule has 0 aromatic carbocycles. The van der Waals surface area contributed by atoms with Crippen LogP contribution in [0.1, 0.15) is 6.42 Å². The van der Waals surface area contributed by atoms with Crippen LogP contribution in [0.15, 0.2) is 0 Å². The average molecular weight is 190 g/mol. The van der Waals surface area contributed by atoms with Gasteiger partial charge in [0.1, 0.15) is 6.73 Å². The topological polar surface area (TPSA) is 78.9 Å². The molecule has 0 radical (unpaired) electrons. The normalized spacial score (nSPS) is 9.38. The molecule has 0 aliphatic heterocycles. The van der Waals surface area contributed by atoms with Gasteiger partial charge in [0.25, 0.3) is 0 Å². The van der Waals surface area contributed by atoms with E-state index in [0.29, 0.717) is 0 Å². The molecule has 0 aliphatic rings. The van der Waals surface area contributed by atoms with E-state index in [1.807, 2.05) is 0 Å². The van der Waals surface area contributed by atoms with E-state index in [2.05, 4.69) is 10.1 Å². The molecule has 6 nitrogen and oxygen atoms in total. The van der Waals surface area contributed by atoms with E-state index in [0.717, 1.165) is 4.90 Å². The maximum atomic E-state index is 10.9. The molecule has 0 rings (SSSR count). The lowest BCUT2D eigenvalue weighted by molar-refractivity contribution is -0.122. The van der Waals surface area contributed by atoms with Crippen LogP contribution in [-0.4, -0.2) is 49.4 Å². The van der Waals surface area contributed by atoms with E-state index in [1.165, 1.54) is 14.2 Å². The molecule has 0 unspecified atom stereocenters. The highest BCUT2D eigenvalue weighted by Crippen LogP contribution is 1.87. The van der Waals surface area contributed by atoms with Gasteiger partial charge in [-0.05, 0) is 0 Å². The molecule has 0 aliphatic carbocycles. The third-order valence-corrected chi connectivity index (χ3v) is 1.41. The molecule has 0 heterocycles. The number of rotatable bonds is 5. The number of carbonyl (C=O) groups is 2. The van der Waals surface area contributed by atoms with Crippen molar-refractivity contribution in [2.45, 2.75) is 6.42 Å². The summed E-state index contributed by atoms with van der Waals surface area (Å²) < 4.78 is 4.60. The van der Waals surface area contributed by atoms with Gasteiger partial charge in [-0.15, -0.1) is 0 Å². The van der Waals surface area contributed by atoms with E-state index in [9.17, 15) is 9.59 Å². The summed E-state index contributed by atoms with van der Waals surface area (Å²) in [6, 6.07) is 0. The molecule has 0 aromatic heterocycles. The lowest BCUT2D eigenvalue weighted by atomic mass is 10.4. The Morgan fingerprint density at radius 1 is 1.54 bits per heavy atom. The smallest absolute Gasteiger partial charge is 0.407 e. The highest BCUT2D eigenvalue weighted by atomic mass is 16.5. The number of amides is 2. The van der Waals surface area contributed by atoms with Crippen LogP contribution in [-0.2, 0) is 9.53 Å². The lowest BCUT2D eigenvalue weighted by Gasteiger charge is -2.11. The van der Waals surface area contributed by atoms with Gasteiger partial charge >= 0.3 is 6.09 Å². The van der Waals surface area contributed by atoms with Crippen molar-refractivity contribution in [2.75, 3.05) is 27.4 Å². The minimum atomic E-state index is -1.04. The maximum absolute atomic E-state index is 10.9. The van der Waals surface area contributed by atoms with Crippen LogP contribution in [0.5, 0.6) is 0 Å². The quantitative estimate of drug-likeness (QED) is 0.584. The average Bonchev–Trinajstić information content (AvgIpc) is 2.10. The SMILES string of the molecule is COCNC(=O)CCN(C)C(=O)O. The Morgan fingerprint density at radius 3 is 2.62 bits per heavy atom. The molecule has 2 amide bonds. The number of carboxylic acid groups (broad SMARTS) is 1. The van der Waals surface area contributed by atoms with Crippen molar-refractivity contribution in [2.24, 2.45) is 0 Å². The summed E-state index contributed by atoms with van der Waals surface area (Å²) in [6.45, 7) is 0.334. The van der Waals surface area contributed by atoms with Crippen molar-refractivity contribution in [3.05, 3.63) is 0 Å². The third-order valence-electron chi connectivity index (χ3n) is 1.41. The van der Waals surface area contributed by atoms with Crippen LogP contribution in [0.4, 0.5) is 4.79 Å². The van der Waals surface area contributed by atoms with Crippen LogP contribution in [0.3, 0.4) is 0 Å². The molecule has 0 saturated carbocycles. The predicted molar refractivity (Wildman–Crippen MR) is 45.3 cm³/mol. The summed E-state index contributed by atoms with van der Waals surface area (Å²) in [7, 11) is 2.87. The summed E-state index contributed by atoms with van der Waals surface area (Å²) in [6.07, 6.45) is -0.897. The molecule has 0 atom stereocenters. The first-order chi connectivity index (χ1) is 6.07. The lowest BCUT2D eigenvalue weighted by Crippen LogP contribution is -2.32. The number of ether oxygens (including phenoxy) is 1. The molecular weight excluding hydrogens is 176 g/mol. The van der Waals surface area contributed by atoms with Crippen molar-refractivity contribution in [3.63, 3.8) is 0 Å². The van der Waals surface area contributed by atoms with E-state index >= 15 is 0 Å². The Hall–Kier alpha value is -1.30. The first-order valence-electron chi connectivity index (χ1n) is 3.77. The number of methoxy groups -OCH3 is 1. The monoisotopic (exact) mass is 190 g/mol. The molecular formula is C7H14N2O4. The fraction of sp³-hybridized carbons (Fsp3) is 0.714. The summed E-state index contributed by atoms with van der Waals surface area (Å²) >= 11 is 0. The van der Waals surface area contributed by atoms with Crippen LogP contribution in [0.2, 0.25) is 0 Å². The first-order valence-corrected chi connectivity index (χ1v) is 3.77. The zero-order valence-corrected chi connectivity index (χ0v) is 7.74. The number of hydrogen-bond donors (Lipinski definition) is 2. The molecule has 13 heavy (non-hydrogen) atoms. The van der Waals surface area contributed by atoms with Gasteiger partial charge in [0.05, 0.1) is 0 Å². The minimum absolute atomic E-state index is 0.145. The summed E-state index contributed by atoms with van der Waals surface area (Å²) in [5.41, 5.74) is 0. The molecule has 76 valence electrons. The molecule has 2 N–H and O–H groups in total. The van der Waals surface area contributed by atoms with Gasteiger partial charge in [0.2, 0.25) is 5.91 Å². The fourth-order valence-corrected chi connectivity index (χ4v) is 0.606. The zero-order chi connectivity index (χ0) is 10.3. The number of hydrogen-bond acceptors (Lipinski definition) is 3. The predicted octanol–water partition coefficient (Wildman–Crippen LogP) is -0.294. The van der Waals surface area contributed by atoms with E-state index in [-0.39, 0.29) is 25.6 Å². The third kappa shape index (κ3) is 5.92. The molecule has 0 aromatic rings. The maximum Gasteiger partial charge on any atom is 0.407 e. The van der Waals surface area contributed by atoms with E-state index < -0.39 is 6.09 Å². The second-order valence-electron chi connectivity index (χ2n) is 2.49. The number of carbonyl (C=O) groups excluding carboxylic acids is 1. The van der Waals surface area contributed by atoms with Gasteiger partial charge in [-0.25, -0.2) is 4.79 Å². The Kier molecular flexibility index (Phi) is 5.62. The first kappa shape index (κ1) is 11.7. The minimum Gasteiger partial charge on any atom is -0.465 e. The Balaban J connectivity index is 3.52. The summed E-state index contributed by atoms with van der Waals surface area (Å²) in [5, 5.41) is 10.9. The number of nitrogens with one attached hydrogen (secondary N) is 1. The molecule has 6 heteroatoms. The highest BCUT2D eigenvalue weighted by molar-refractivity contribution is 5.76. The van der Waals surface area contributed by atoms with Crippen molar-refractivity contribution >= 4 is 12.0 Å². The largest absolute Gasteiger partial charge is 0.465 e. The summed E-state index contributed by atoms with van der Waals surface area (Å²) in [5.74, 6) is -0.227. The molecule has 0 bridgehead atoms. The van der Waals surface area contributed by atoms with E-state index in [1.54, 1.807) is 0 Å². The van der Waals surface area contributed by atoms with Crippen LogP contribution < -0.4 is 5.32 Å². The van der Waals surface area contributed by atoms with Crippen molar-refractivity contribution in [1.29, 1.82) is 0 Å². The second-order valence-corrected chi connectivity index (χ2v) is 2.49. The van der Waals surface area contributed by atoms with Gasteiger partial charge in [-0.3, -0.25) is 4.79 Å². The van der Waals surface area contributed by atoms with Crippen LogP contribution in [0, 0.1) is 0 Å². The van der Waals surface area contributed by atoms with Gasteiger partial charge in [-0.2, -0.15) is 0 Å². The highest BCUT2D eigenvalue weighted by Gasteiger charge is 2.07. The van der Waals surface area contributed by atoms with E-state index in [4.69, 9.17) is 5.11 Å². The molecule has 0 saturated heterocycles. The van der Waals surface area contributed by atoms with Gasteiger partial charge in [0.15, 0.2) is 0 Å².